The second-order valence-corrected chi connectivity index (χ2v) is 9.93. The molecule has 0 saturated carbocycles. The highest BCUT2D eigenvalue weighted by atomic mass is 35.5. The summed E-state index contributed by atoms with van der Waals surface area (Å²) in [5, 5.41) is 4.02. The predicted molar refractivity (Wildman–Crippen MR) is 111 cm³/mol. The average Bonchev–Trinajstić information content (AvgIpc) is 3.03. The first-order chi connectivity index (χ1) is 12.8. The molecule has 9 heteroatoms. The molecular formula is C18H16Cl2N2O3S2. The number of nitrogens with zero attached hydrogens (tertiary/aromatic N) is 1. The van der Waals surface area contributed by atoms with E-state index in [-0.39, 0.29) is 29.4 Å². The number of carbonyl (C=O) groups excluding carboxylic acids is 1. The van der Waals surface area contributed by atoms with E-state index >= 15 is 0 Å². The van der Waals surface area contributed by atoms with Crippen LogP contribution in [0, 0.1) is 6.92 Å². The van der Waals surface area contributed by atoms with Gasteiger partial charge in [-0.15, -0.1) is 0 Å². The summed E-state index contributed by atoms with van der Waals surface area (Å²) in [4.78, 5) is 16.7. The minimum Gasteiger partial charge on any atom is -0.302 e. The summed E-state index contributed by atoms with van der Waals surface area (Å²) in [6, 6.07) is 9.99. The van der Waals surface area contributed by atoms with E-state index in [0.29, 0.717) is 25.4 Å². The molecule has 1 aromatic heterocycles. The Morgan fingerprint density at radius 3 is 2.44 bits per heavy atom. The Hall–Kier alpha value is -1.67. The van der Waals surface area contributed by atoms with Crippen molar-refractivity contribution in [2.45, 2.75) is 24.7 Å². The van der Waals surface area contributed by atoms with Crippen LogP contribution in [-0.2, 0) is 14.6 Å². The minimum absolute atomic E-state index is 0.0719. The highest BCUT2D eigenvalue weighted by molar-refractivity contribution is 7.91. The number of amides is 1. The second-order valence-electron chi connectivity index (χ2n) is 6.01. The zero-order chi connectivity index (χ0) is 19.6. The summed E-state index contributed by atoms with van der Waals surface area (Å²) >= 11 is 13.4. The number of hydrogen-bond donors (Lipinski definition) is 1. The molecule has 2 aromatic carbocycles. The molecule has 142 valence electrons. The van der Waals surface area contributed by atoms with Gasteiger partial charge in [-0.05, 0) is 37.6 Å². The minimum atomic E-state index is -3.41. The third-order valence-corrected chi connectivity index (χ3v) is 7.44. The smallest absolute Gasteiger partial charge is 0.226 e. The standard InChI is InChI=1S/C18H16Cl2N2O3S2/c1-11-4-6-12(7-5-11)27(24,25)10-2-3-15(23)21-18-22-16-13(19)8-9-14(20)17(16)26-18/h4-9H,2-3,10H2,1H3,(H,21,22,23). The number of benzene rings is 2. The average molecular weight is 443 g/mol. The van der Waals surface area contributed by atoms with Crippen LogP contribution < -0.4 is 5.32 Å². The van der Waals surface area contributed by atoms with Gasteiger partial charge in [-0.1, -0.05) is 52.2 Å². The molecule has 1 N–H and O–H groups in total. The van der Waals surface area contributed by atoms with Crippen LogP contribution in [0.1, 0.15) is 18.4 Å². The van der Waals surface area contributed by atoms with Gasteiger partial charge in [0.1, 0.15) is 5.52 Å². The fourth-order valence-corrected chi connectivity index (χ4v) is 5.21. The maximum atomic E-state index is 12.3. The number of rotatable bonds is 6. The van der Waals surface area contributed by atoms with Gasteiger partial charge in [0.2, 0.25) is 5.91 Å². The number of halogens is 2. The molecule has 0 aliphatic carbocycles. The van der Waals surface area contributed by atoms with Crippen LogP contribution >= 0.6 is 34.5 Å². The van der Waals surface area contributed by atoms with E-state index in [1.807, 2.05) is 6.92 Å². The molecule has 1 amide bonds. The lowest BCUT2D eigenvalue weighted by Crippen LogP contribution is -2.14. The SMILES string of the molecule is Cc1ccc(S(=O)(=O)CCCC(=O)Nc2nc3c(Cl)ccc(Cl)c3s2)cc1. The Kier molecular flexibility index (Phi) is 6.05. The Bertz CT molecular complexity index is 1050. The number of nitrogens with one attached hydrogen (secondary N) is 1. The first kappa shape index (κ1) is 20.1. The van der Waals surface area contributed by atoms with Gasteiger partial charge in [0.15, 0.2) is 15.0 Å². The molecule has 0 bridgehead atoms. The quantitative estimate of drug-likeness (QED) is 0.575. The van der Waals surface area contributed by atoms with Gasteiger partial charge in [0, 0.05) is 6.42 Å². The number of carbonyl (C=O) groups is 1. The predicted octanol–water partition coefficient (Wildman–Crippen LogP) is 5.10. The monoisotopic (exact) mass is 442 g/mol. The van der Waals surface area contributed by atoms with Crippen LogP contribution in [0.15, 0.2) is 41.3 Å². The van der Waals surface area contributed by atoms with E-state index in [0.717, 1.165) is 5.56 Å². The molecule has 0 spiro atoms. The van der Waals surface area contributed by atoms with E-state index in [2.05, 4.69) is 10.3 Å². The van der Waals surface area contributed by atoms with Gasteiger partial charge in [-0.25, -0.2) is 13.4 Å². The summed E-state index contributed by atoms with van der Waals surface area (Å²) in [7, 11) is -3.41. The molecule has 1 heterocycles. The Morgan fingerprint density at radius 2 is 1.78 bits per heavy atom. The number of fused-ring (bicyclic) bond motifs is 1. The summed E-state index contributed by atoms with van der Waals surface area (Å²) in [6.07, 6.45) is 0.289. The summed E-state index contributed by atoms with van der Waals surface area (Å²) in [5.74, 6) is -0.401. The van der Waals surface area contributed by atoms with Crippen LogP contribution in [-0.4, -0.2) is 25.1 Å². The lowest BCUT2D eigenvalue weighted by Gasteiger charge is -2.05. The van der Waals surface area contributed by atoms with Crippen molar-refractivity contribution in [3.05, 3.63) is 52.0 Å². The fraction of sp³-hybridized carbons (Fsp3) is 0.222. The third kappa shape index (κ3) is 4.79. The molecule has 0 fully saturated rings. The molecule has 0 aliphatic heterocycles. The lowest BCUT2D eigenvalue weighted by molar-refractivity contribution is -0.116. The van der Waals surface area contributed by atoms with E-state index < -0.39 is 9.84 Å². The van der Waals surface area contributed by atoms with Crippen molar-refractivity contribution in [3.8, 4) is 0 Å². The van der Waals surface area contributed by atoms with Crippen molar-refractivity contribution in [2.75, 3.05) is 11.1 Å². The molecule has 0 atom stereocenters. The van der Waals surface area contributed by atoms with Gasteiger partial charge in [-0.3, -0.25) is 4.79 Å². The van der Waals surface area contributed by atoms with Gasteiger partial charge < -0.3 is 5.32 Å². The maximum Gasteiger partial charge on any atom is 0.226 e. The first-order valence-electron chi connectivity index (χ1n) is 8.10. The molecule has 3 aromatic rings. The van der Waals surface area contributed by atoms with Crippen molar-refractivity contribution in [2.24, 2.45) is 0 Å². The van der Waals surface area contributed by atoms with Crippen LogP contribution in [0.4, 0.5) is 5.13 Å². The van der Waals surface area contributed by atoms with Crippen LogP contribution in [0.5, 0.6) is 0 Å². The topological polar surface area (TPSA) is 76.1 Å². The number of anilines is 1. The van der Waals surface area contributed by atoms with E-state index in [4.69, 9.17) is 23.2 Å². The Labute approximate surface area is 171 Å². The zero-order valence-corrected chi connectivity index (χ0v) is 17.5. The molecule has 0 saturated heterocycles. The number of hydrogen-bond acceptors (Lipinski definition) is 5. The van der Waals surface area contributed by atoms with Crippen molar-refractivity contribution < 1.29 is 13.2 Å². The molecule has 0 aliphatic rings. The first-order valence-corrected chi connectivity index (χ1v) is 11.3. The highest BCUT2D eigenvalue weighted by Crippen LogP contribution is 2.36. The largest absolute Gasteiger partial charge is 0.302 e. The lowest BCUT2D eigenvalue weighted by atomic mass is 10.2. The molecule has 27 heavy (non-hydrogen) atoms. The zero-order valence-electron chi connectivity index (χ0n) is 14.3. The van der Waals surface area contributed by atoms with Crippen LogP contribution in [0.3, 0.4) is 0 Å². The van der Waals surface area contributed by atoms with Crippen molar-refractivity contribution in [3.63, 3.8) is 0 Å². The van der Waals surface area contributed by atoms with Gasteiger partial charge in [-0.2, -0.15) is 0 Å². The number of thiazole rings is 1. The van der Waals surface area contributed by atoms with Crippen molar-refractivity contribution in [1.29, 1.82) is 0 Å². The molecule has 3 rings (SSSR count). The van der Waals surface area contributed by atoms with Gasteiger partial charge in [0.05, 0.1) is 25.4 Å². The number of aromatic nitrogens is 1. The molecule has 5 nitrogen and oxygen atoms in total. The second kappa shape index (κ2) is 8.14. The normalized spacial score (nSPS) is 11.7. The van der Waals surface area contributed by atoms with Crippen LogP contribution in [0.2, 0.25) is 10.0 Å². The van der Waals surface area contributed by atoms with Gasteiger partial charge in [0.25, 0.3) is 0 Å². The number of sulfone groups is 1. The maximum absolute atomic E-state index is 12.3. The Balaban J connectivity index is 1.59. The van der Waals surface area contributed by atoms with Gasteiger partial charge >= 0.3 is 0 Å². The fourth-order valence-electron chi connectivity index (χ4n) is 2.47. The van der Waals surface area contributed by atoms with Crippen molar-refractivity contribution in [1.82, 2.24) is 4.98 Å². The summed E-state index contributed by atoms with van der Waals surface area (Å²) < 4.78 is 25.3. The Morgan fingerprint density at radius 1 is 1.11 bits per heavy atom. The molecule has 0 unspecified atom stereocenters. The highest BCUT2D eigenvalue weighted by Gasteiger charge is 2.16. The summed E-state index contributed by atoms with van der Waals surface area (Å²) in [6.45, 7) is 1.89. The van der Waals surface area contributed by atoms with Crippen molar-refractivity contribution >= 4 is 65.6 Å². The van der Waals surface area contributed by atoms with Crippen LogP contribution in [0.25, 0.3) is 10.2 Å². The van der Waals surface area contributed by atoms with E-state index in [1.165, 1.54) is 11.3 Å². The molecular weight excluding hydrogens is 427 g/mol. The molecule has 0 radical (unpaired) electrons. The third-order valence-electron chi connectivity index (χ3n) is 3.89. The van der Waals surface area contributed by atoms with E-state index in [9.17, 15) is 13.2 Å². The number of aryl methyl sites for hydroxylation is 1. The summed E-state index contributed by atoms with van der Waals surface area (Å²) in [5.41, 5.74) is 1.52. The van der Waals surface area contributed by atoms with E-state index in [1.54, 1.807) is 36.4 Å².